The van der Waals surface area contributed by atoms with Crippen LogP contribution in [0.4, 0.5) is 0 Å². The molecule has 200 valence electrons. The first-order valence-electron chi connectivity index (χ1n) is 13.3. The molecule has 4 aromatic rings. The maximum absolute atomic E-state index is 12.6. The van der Waals surface area contributed by atoms with Crippen molar-refractivity contribution in [1.29, 1.82) is 0 Å². The van der Waals surface area contributed by atoms with Gasteiger partial charge in [-0.15, -0.1) is 0 Å². The van der Waals surface area contributed by atoms with E-state index in [4.69, 9.17) is 18.0 Å². The quantitative estimate of drug-likeness (QED) is 0.282. The van der Waals surface area contributed by atoms with Crippen molar-refractivity contribution in [3.63, 3.8) is 0 Å². The lowest BCUT2D eigenvalue weighted by molar-refractivity contribution is 0.278. The molecule has 0 bridgehead atoms. The van der Waals surface area contributed by atoms with Crippen LogP contribution in [0.25, 0.3) is 22.0 Å². The summed E-state index contributed by atoms with van der Waals surface area (Å²) >= 11 is 5.23. The van der Waals surface area contributed by atoms with E-state index in [1.807, 2.05) is 32.2 Å². The van der Waals surface area contributed by atoms with Crippen LogP contribution in [-0.4, -0.2) is 51.1 Å². The average Bonchev–Trinajstić information content (AvgIpc) is 3.50. The number of hydrogen-bond acceptors (Lipinski definition) is 4. The zero-order valence-electron chi connectivity index (χ0n) is 22.0. The summed E-state index contributed by atoms with van der Waals surface area (Å²) in [5, 5.41) is 1.17. The largest absolute Gasteiger partial charge is 0.389 e. The highest BCUT2D eigenvalue weighted by molar-refractivity contribution is 7.89. The number of thiocarbonyl (C=S) groups is 1. The number of sulfonamides is 1. The number of rotatable bonds is 9. The van der Waals surface area contributed by atoms with E-state index in [0.717, 1.165) is 53.9 Å². The lowest BCUT2D eigenvalue weighted by atomic mass is 10.0. The minimum absolute atomic E-state index is 0.215. The van der Waals surface area contributed by atoms with Crippen molar-refractivity contribution in [2.75, 3.05) is 18.8 Å². The van der Waals surface area contributed by atoms with Gasteiger partial charge in [0.15, 0.2) is 0 Å². The molecule has 1 aliphatic heterocycles. The Labute approximate surface area is 230 Å². The number of H-pyrrole nitrogens is 1. The third-order valence-electron chi connectivity index (χ3n) is 7.47. The van der Waals surface area contributed by atoms with Crippen molar-refractivity contribution in [1.82, 2.24) is 18.8 Å². The van der Waals surface area contributed by atoms with Gasteiger partial charge in [-0.05, 0) is 62.3 Å². The van der Waals surface area contributed by atoms with Gasteiger partial charge in [0.2, 0.25) is 10.0 Å². The highest BCUT2D eigenvalue weighted by atomic mass is 32.2. The molecule has 9 heteroatoms. The van der Waals surface area contributed by atoms with Crippen molar-refractivity contribution >= 4 is 38.1 Å². The summed E-state index contributed by atoms with van der Waals surface area (Å²) in [5.41, 5.74) is 12.6. The fourth-order valence-electron chi connectivity index (χ4n) is 5.49. The summed E-state index contributed by atoms with van der Waals surface area (Å²) in [7, 11) is -3.18. The van der Waals surface area contributed by atoms with E-state index < -0.39 is 10.0 Å². The Morgan fingerprint density at radius 1 is 1.16 bits per heavy atom. The Kier molecular flexibility index (Phi) is 7.70. The number of benzene rings is 2. The summed E-state index contributed by atoms with van der Waals surface area (Å²) in [5.74, 6) is 1.15. The second-order valence-corrected chi connectivity index (χ2v) is 12.7. The highest BCUT2D eigenvalue weighted by Crippen LogP contribution is 2.37. The monoisotopic (exact) mass is 549 g/mol. The van der Waals surface area contributed by atoms with Crippen molar-refractivity contribution in [2.45, 2.75) is 52.0 Å². The smallest absolute Gasteiger partial charge is 0.214 e. The number of nitrogens with two attached hydrogens (primary N) is 1. The predicted octanol–water partition coefficient (Wildman–Crippen LogP) is 5.14. The number of nitrogens with one attached hydrogen (secondary N) is 1. The fraction of sp³-hybridized carbons (Fsp3) is 0.379. The van der Waals surface area contributed by atoms with Crippen molar-refractivity contribution in [3.05, 3.63) is 77.5 Å². The van der Waals surface area contributed by atoms with Gasteiger partial charge in [0.25, 0.3) is 0 Å². The molecule has 0 unspecified atom stereocenters. The van der Waals surface area contributed by atoms with Gasteiger partial charge in [0, 0.05) is 59.2 Å². The predicted molar refractivity (Wildman–Crippen MR) is 158 cm³/mol. The number of aromatic amines is 1. The van der Waals surface area contributed by atoms with Gasteiger partial charge < -0.3 is 15.3 Å². The third-order valence-corrected chi connectivity index (χ3v) is 9.78. The van der Waals surface area contributed by atoms with Crippen LogP contribution in [0.2, 0.25) is 0 Å². The van der Waals surface area contributed by atoms with Crippen LogP contribution in [0.15, 0.2) is 54.9 Å². The van der Waals surface area contributed by atoms with Gasteiger partial charge in [-0.25, -0.2) is 17.7 Å². The first-order chi connectivity index (χ1) is 18.2. The lowest BCUT2D eigenvalue weighted by Gasteiger charge is -2.32. The van der Waals surface area contributed by atoms with Crippen LogP contribution < -0.4 is 5.73 Å². The summed E-state index contributed by atoms with van der Waals surface area (Å²) in [6.07, 6.45) is 8.15. The Balaban J connectivity index is 1.50. The molecule has 3 N–H and O–H groups in total. The van der Waals surface area contributed by atoms with E-state index >= 15 is 0 Å². The number of imidazole rings is 1. The Morgan fingerprint density at radius 3 is 2.63 bits per heavy atom. The molecule has 0 atom stereocenters. The molecule has 0 aliphatic carbocycles. The van der Waals surface area contributed by atoms with Gasteiger partial charge in [-0.3, -0.25) is 0 Å². The second-order valence-electron chi connectivity index (χ2n) is 10.2. The van der Waals surface area contributed by atoms with Crippen LogP contribution in [0, 0.1) is 6.92 Å². The van der Waals surface area contributed by atoms with E-state index in [-0.39, 0.29) is 11.8 Å². The van der Waals surface area contributed by atoms with E-state index in [0.29, 0.717) is 24.5 Å². The maximum Gasteiger partial charge on any atom is 0.214 e. The summed E-state index contributed by atoms with van der Waals surface area (Å²) in [6, 6.07) is 15.0. The first-order valence-corrected chi connectivity index (χ1v) is 15.3. The molecule has 1 fully saturated rings. The minimum Gasteiger partial charge on any atom is -0.389 e. The zero-order valence-corrected chi connectivity index (χ0v) is 23.6. The topological polar surface area (TPSA) is 97.0 Å². The van der Waals surface area contributed by atoms with E-state index in [2.05, 4.69) is 51.1 Å². The number of nitrogens with zero attached hydrogens (tertiary/aromatic N) is 3. The normalized spacial score (nSPS) is 15.3. The number of aromatic nitrogens is 3. The molecule has 1 aliphatic rings. The molecule has 0 radical (unpaired) electrons. The Morgan fingerprint density at radius 2 is 1.95 bits per heavy atom. The van der Waals surface area contributed by atoms with Crippen molar-refractivity contribution in [3.8, 4) is 11.1 Å². The molecular weight excluding hydrogens is 514 g/mol. The number of piperidine rings is 1. The first kappa shape index (κ1) is 26.6. The molecule has 0 amide bonds. The fourth-order valence-corrected chi connectivity index (χ4v) is 7.16. The van der Waals surface area contributed by atoms with Crippen LogP contribution >= 0.6 is 12.2 Å². The number of aryl methyl sites for hydroxylation is 3. The highest BCUT2D eigenvalue weighted by Gasteiger charge is 2.29. The molecule has 2 aromatic carbocycles. The maximum atomic E-state index is 12.6. The van der Waals surface area contributed by atoms with E-state index in [1.54, 1.807) is 4.31 Å². The molecule has 7 nitrogen and oxygen atoms in total. The van der Waals surface area contributed by atoms with Crippen LogP contribution in [0.5, 0.6) is 0 Å². The Bertz CT molecular complexity index is 1560. The SMILES string of the molecule is CCCS(=O)(=O)N1CCC(n2cc(-c3cccc(C(N)=S)c3)c3ccc(CCc4cnc(C)[nH]4)cc32)CC1. The summed E-state index contributed by atoms with van der Waals surface area (Å²) < 4.78 is 29.3. The van der Waals surface area contributed by atoms with Crippen LogP contribution in [0.3, 0.4) is 0 Å². The zero-order chi connectivity index (χ0) is 26.9. The van der Waals surface area contributed by atoms with Crippen molar-refractivity contribution in [2.24, 2.45) is 5.73 Å². The van der Waals surface area contributed by atoms with Crippen molar-refractivity contribution < 1.29 is 8.42 Å². The van der Waals surface area contributed by atoms with E-state index in [9.17, 15) is 8.42 Å². The molecule has 0 spiro atoms. The molecule has 0 saturated carbocycles. The number of hydrogen-bond donors (Lipinski definition) is 2. The van der Waals surface area contributed by atoms with Gasteiger partial charge >= 0.3 is 0 Å². The molecule has 5 rings (SSSR count). The lowest BCUT2D eigenvalue weighted by Crippen LogP contribution is -2.40. The molecule has 38 heavy (non-hydrogen) atoms. The van der Waals surface area contributed by atoms with Crippen LogP contribution in [0.1, 0.15) is 54.9 Å². The van der Waals surface area contributed by atoms with Crippen LogP contribution in [-0.2, 0) is 22.9 Å². The minimum atomic E-state index is -3.18. The average molecular weight is 550 g/mol. The molecular formula is C29H35N5O2S2. The van der Waals surface area contributed by atoms with Gasteiger partial charge in [0.05, 0.1) is 5.75 Å². The summed E-state index contributed by atoms with van der Waals surface area (Å²) in [4.78, 5) is 8.02. The molecule has 1 saturated heterocycles. The molecule has 2 aromatic heterocycles. The molecule has 3 heterocycles. The van der Waals surface area contributed by atoms with Gasteiger partial charge in [0.1, 0.15) is 10.8 Å². The van der Waals surface area contributed by atoms with Gasteiger partial charge in [-0.2, -0.15) is 0 Å². The number of fused-ring (bicyclic) bond motifs is 1. The van der Waals surface area contributed by atoms with Gasteiger partial charge in [-0.1, -0.05) is 49.5 Å². The third kappa shape index (κ3) is 5.55. The second kappa shape index (κ2) is 11.0. The summed E-state index contributed by atoms with van der Waals surface area (Å²) in [6.45, 7) is 4.99. The van der Waals surface area contributed by atoms with E-state index in [1.165, 1.54) is 16.5 Å². The standard InChI is InChI=1S/C29H35N5O2S2/c1-3-15-38(35,36)33-13-11-25(12-14-33)34-19-27(22-5-4-6-23(17-22)29(30)37)26-10-8-21(16-28(26)34)7-9-24-18-31-20(2)32-24/h4-6,8,10,16-19,25H,3,7,9,11-15H2,1-2H3,(H2,30,37)(H,31,32). The Hall–Kier alpha value is -3.01.